The van der Waals surface area contributed by atoms with Crippen molar-refractivity contribution in [3.05, 3.63) is 60.2 Å². The van der Waals surface area contributed by atoms with Gasteiger partial charge in [-0.3, -0.25) is 14.4 Å². The van der Waals surface area contributed by atoms with Crippen molar-refractivity contribution in [3.8, 4) is 5.75 Å². The van der Waals surface area contributed by atoms with Crippen LogP contribution in [0.5, 0.6) is 5.75 Å². The zero-order valence-corrected chi connectivity index (χ0v) is 21.1. The van der Waals surface area contributed by atoms with Crippen LogP contribution in [0.25, 0.3) is 0 Å². The standard InChI is InChI=1S/C28H36N2O5/c1-5-34-22-16-10-9-15-21(22)29-25(32)24(20-13-7-6-8-14-20)35-26(33)28(17-11-12-18-28)19-23(31)30-27(2,3)4/h6-10,13-16,24H,5,11-12,17-19H2,1-4H3,(H,29,32)(H,30,31). The molecule has 7 heteroatoms. The maximum absolute atomic E-state index is 13.6. The highest BCUT2D eigenvalue weighted by Gasteiger charge is 2.46. The van der Waals surface area contributed by atoms with E-state index in [-0.39, 0.29) is 12.3 Å². The minimum absolute atomic E-state index is 0.0411. The van der Waals surface area contributed by atoms with Gasteiger partial charge in [0.1, 0.15) is 5.75 Å². The monoisotopic (exact) mass is 480 g/mol. The zero-order chi connectivity index (χ0) is 25.5. The van der Waals surface area contributed by atoms with Crippen molar-refractivity contribution in [1.29, 1.82) is 0 Å². The Morgan fingerprint density at radius 3 is 2.23 bits per heavy atom. The lowest BCUT2D eigenvalue weighted by Crippen LogP contribution is -2.45. The molecule has 2 amide bonds. The summed E-state index contributed by atoms with van der Waals surface area (Å²) in [5.74, 6) is -0.652. The number of nitrogens with one attached hydrogen (secondary N) is 2. The van der Waals surface area contributed by atoms with E-state index >= 15 is 0 Å². The number of anilines is 1. The van der Waals surface area contributed by atoms with Gasteiger partial charge in [0.05, 0.1) is 17.7 Å². The average Bonchev–Trinajstić information content (AvgIpc) is 3.27. The van der Waals surface area contributed by atoms with Gasteiger partial charge in [0.15, 0.2) is 0 Å². The van der Waals surface area contributed by atoms with Crippen LogP contribution in [0.4, 0.5) is 5.69 Å². The molecule has 0 heterocycles. The van der Waals surface area contributed by atoms with Gasteiger partial charge in [-0.1, -0.05) is 55.3 Å². The first-order valence-corrected chi connectivity index (χ1v) is 12.2. The molecule has 2 aromatic rings. The van der Waals surface area contributed by atoms with Crippen LogP contribution in [-0.4, -0.2) is 29.9 Å². The molecular weight excluding hydrogens is 444 g/mol. The van der Waals surface area contributed by atoms with Gasteiger partial charge in [0, 0.05) is 17.5 Å². The molecule has 35 heavy (non-hydrogen) atoms. The van der Waals surface area contributed by atoms with E-state index in [0.717, 1.165) is 12.8 Å². The van der Waals surface area contributed by atoms with E-state index in [2.05, 4.69) is 10.6 Å². The van der Waals surface area contributed by atoms with E-state index < -0.39 is 28.9 Å². The van der Waals surface area contributed by atoms with Crippen LogP contribution < -0.4 is 15.4 Å². The van der Waals surface area contributed by atoms with E-state index in [1.807, 2.05) is 39.8 Å². The topological polar surface area (TPSA) is 93.7 Å². The van der Waals surface area contributed by atoms with Gasteiger partial charge in [-0.25, -0.2) is 0 Å². The van der Waals surface area contributed by atoms with E-state index in [4.69, 9.17) is 9.47 Å². The second kappa shape index (κ2) is 11.4. The van der Waals surface area contributed by atoms with Gasteiger partial charge in [-0.15, -0.1) is 0 Å². The number of amides is 2. The van der Waals surface area contributed by atoms with Crippen LogP contribution in [0.3, 0.4) is 0 Å². The van der Waals surface area contributed by atoms with Crippen molar-refractivity contribution in [1.82, 2.24) is 5.32 Å². The Hall–Kier alpha value is -3.35. The van der Waals surface area contributed by atoms with Crippen LogP contribution in [0, 0.1) is 5.41 Å². The van der Waals surface area contributed by atoms with Gasteiger partial charge in [-0.2, -0.15) is 0 Å². The molecule has 1 aliphatic rings. The van der Waals surface area contributed by atoms with Crippen LogP contribution in [0.15, 0.2) is 54.6 Å². The number of ether oxygens (including phenoxy) is 2. The molecule has 7 nitrogen and oxygen atoms in total. The SMILES string of the molecule is CCOc1ccccc1NC(=O)C(OC(=O)C1(CC(=O)NC(C)(C)C)CCCC1)c1ccccc1. The summed E-state index contributed by atoms with van der Waals surface area (Å²) in [5.41, 5.74) is -0.288. The molecule has 1 aliphatic carbocycles. The third-order valence-corrected chi connectivity index (χ3v) is 6.02. The van der Waals surface area contributed by atoms with Crippen molar-refractivity contribution < 1.29 is 23.9 Å². The number of esters is 1. The maximum atomic E-state index is 13.6. The summed E-state index contributed by atoms with van der Waals surface area (Å²) in [7, 11) is 0. The predicted octanol–water partition coefficient (Wildman–Crippen LogP) is 5.17. The molecule has 0 spiro atoms. The van der Waals surface area contributed by atoms with Crippen molar-refractivity contribution in [2.45, 2.75) is 71.4 Å². The summed E-state index contributed by atoms with van der Waals surface area (Å²) in [5, 5.41) is 5.80. The molecule has 1 saturated carbocycles. The van der Waals surface area contributed by atoms with Gasteiger partial charge in [0.25, 0.3) is 5.91 Å². The fourth-order valence-electron chi connectivity index (χ4n) is 4.46. The number of carbonyl (C=O) groups excluding carboxylic acids is 3. The Morgan fingerprint density at radius 2 is 1.60 bits per heavy atom. The molecule has 1 unspecified atom stereocenters. The van der Waals surface area contributed by atoms with Crippen LogP contribution >= 0.6 is 0 Å². The molecule has 188 valence electrons. The number of rotatable bonds is 9. The Bertz CT molecular complexity index is 1020. The van der Waals surface area contributed by atoms with E-state index in [9.17, 15) is 14.4 Å². The lowest BCUT2D eigenvalue weighted by atomic mass is 9.82. The first-order chi connectivity index (χ1) is 16.6. The highest BCUT2D eigenvalue weighted by molar-refractivity contribution is 5.98. The summed E-state index contributed by atoms with van der Waals surface area (Å²) in [6.45, 7) is 8.02. The van der Waals surface area contributed by atoms with Crippen LogP contribution in [0.2, 0.25) is 0 Å². The van der Waals surface area contributed by atoms with Crippen LogP contribution in [-0.2, 0) is 19.1 Å². The Kier molecular flexibility index (Phi) is 8.54. The normalized spacial score (nSPS) is 15.7. The highest BCUT2D eigenvalue weighted by atomic mass is 16.5. The third kappa shape index (κ3) is 7.07. The Labute approximate surface area is 207 Å². The number of carbonyl (C=O) groups is 3. The molecule has 0 bridgehead atoms. The number of hydrogen-bond acceptors (Lipinski definition) is 5. The minimum Gasteiger partial charge on any atom is -0.492 e. The molecule has 2 aromatic carbocycles. The number of benzene rings is 2. The Balaban J connectivity index is 1.84. The molecule has 0 aromatic heterocycles. The molecule has 2 N–H and O–H groups in total. The lowest BCUT2D eigenvalue weighted by molar-refractivity contribution is -0.166. The molecule has 0 aliphatic heterocycles. The minimum atomic E-state index is -1.17. The second-order valence-corrected chi connectivity index (χ2v) is 10.1. The largest absolute Gasteiger partial charge is 0.492 e. The van der Waals surface area contributed by atoms with Crippen molar-refractivity contribution in [3.63, 3.8) is 0 Å². The van der Waals surface area contributed by atoms with Crippen LogP contribution in [0.1, 0.15) is 71.5 Å². The van der Waals surface area contributed by atoms with Gasteiger partial charge < -0.3 is 20.1 Å². The smallest absolute Gasteiger partial charge is 0.313 e. The van der Waals surface area contributed by atoms with Crippen molar-refractivity contribution in [2.75, 3.05) is 11.9 Å². The second-order valence-electron chi connectivity index (χ2n) is 10.1. The first-order valence-electron chi connectivity index (χ1n) is 12.2. The van der Waals surface area contributed by atoms with Gasteiger partial charge >= 0.3 is 5.97 Å². The lowest BCUT2D eigenvalue weighted by Gasteiger charge is -2.30. The molecule has 1 atom stereocenters. The highest BCUT2D eigenvalue weighted by Crippen LogP contribution is 2.43. The summed E-state index contributed by atoms with van der Waals surface area (Å²) in [6, 6.07) is 16.0. The Morgan fingerprint density at radius 1 is 0.971 bits per heavy atom. The number of para-hydroxylation sites is 2. The molecule has 0 saturated heterocycles. The molecule has 3 rings (SSSR count). The van der Waals surface area contributed by atoms with Gasteiger partial charge in [0.2, 0.25) is 12.0 Å². The fourth-order valence-corrected chi connectivity index (χ4v) is 4.46. The predicted molar refractivity (Wildman–Crippen MR) is 135 cm³/mol. The van der Waals surface area contributed by atoms with E-state index in [1.54, 1.807) is 42.5 Å². The number of hydrogen-bond donors (Lipinski definition) is 2. The van der Waals surface area contributed by atoms with E-state index in [1.165, 1.54) is 0 Å². The fraction of sp³-hybridized carbons (Fsp3) is 0.464. The molecule has 1 fully saturated rings. The summed E-state index contributed by atoms with van der Waals surface area (Å²) < 4.78 is 11.5. The quantitative estimate of drug-likeness (QED) is 0.483. The third-order valence-electron chi connectivity index (χ3n) is 6.02. The molecule has 0 radical (unpaired) electrons. The van der Waals surface area contributed by atoms with Crippen molar-refractivity contribution >= 4 is 23.5 Å². The van der Waals surface area contributed by atoms with E-state index in [0.29, 0.717) is 36.4 Å². The average molecular weight is 481 g/mol. The maximum Gasteiger partial charge on any atom is 0.313 e. The summed E-state index contributed by atoms with van der Waals surface area (Å²) in [6.07, 6.45) is 1.66. The summed E-state index contributed by atoms with van der Waals surface area (Å²) >= 11 is 0. The first kappa shape index (κ1) is 26.3. The summed E-state index contributed by atoms with van der Waals surface area (Å²) in [4.78, 5) is 39.7. The van der Waals surface area contributed by atoms with Crippen molar-refractivity contribution in [2.24, 2.45) is 5.41 Å². The zero-order valence-electron chi connectivity index (χ0n) is 21.1. The molecular formula is C28H36N2O5. The van der Waals surface area contributed by atoms with Gasteiger partial charge in [-0.05, 0) is 52.7 Å².